The molecule has 2 fully saturated rings. The number of benzene rings is 1. The number of nitrogens with zero attached hydrogens (tertiary/aromatic N) is 1. The first-order valence-electron chi connectivity index (χ1n) is 9.53. The first-order valence-corrected chi connectivity index (χ1v) is 9.53. The Morgan fingerprint density at radius 3 is 2.48 bits per heavy atom. The second-order valence-corrected chi connectivity index (χ2v) is 9.09. The van der Waals surface area contributed by atoms with Crippen LogP contribution in [0.4, 0.5) is 18.9 Å². The largest absolute Gasteiger partial charge is 0.435 e. The summed E-state index contributed by atoms with van der Waals surface area (Å²) in [7, 11) is 0. The van der Waals surface area contributed by atoms with Gasteiger partial charge in [-0.2, -0.15) is 8.78 Å². The number of amides is 2. The fourth-order valence-corrected chi connectivity index (χ4v) is 4.15. The van der Waals surface area contributed by atoms with Crippen molar-refractivity contribution >= 4 is 17.5 Å². The van der Waals surface area contributed by atoms with Crippen LogP contribution in [0.5, 0.6) is 5.75 Å². The van der Waals surface area contributed by atoms with E-state index in [1.165, 1.54) is 6.07 Å². The van der Waals surface area contributed by atoms with E-state index in [1.54, 1.807) is 0 Å². The molecule has 1 heterocycles. The molecule has 1 aromatic rings. The number of halogens is 3. The number of carbonyl (C=O) groups excluding carboxylic acids is 2. The Kier molecular flexibility index (Phi) is 5.80. The summed E-state index contributed by atoms with van der Waals surface area (Å²) in [6.07, 6.45) is 1.37. The third-order valence-electron chi connectivity index (χ3n) is 5.09. The lowest BCUT2D eigenvalue weighted by Gasteiger charge is -2.58. The van der Waals surface area contributed by atoms with Gasteiger partial charge in [0.05, 0.1) is 6.54 Å². The Labute approximate surface area is 167 Å². The minimum absolute atomic E-state index is 0.0195. The Morgan fingerprint density at radius 2 is 1.90 bits per heavy atom. The fraction of sp³-hybridized carbons (Fsp3) is 0.600. The van der Waals surface area contributed by atoms with Crippen molar-refractivity contribution in [2.45, 2.75) is 45.8 Å². The monoisotopic (exact) mass is 413 g/mol. The van der Waals surface area contributed by atoms with E-state index in [-0.39, 0.29) is 40.1 Å². The van der Waals surface area contributed by atoms with Gasteiger partial charge in [0, 0.05) is 42.4 Å². The van der Waals surface area contributed by atoms with E-state index in [9.17, 15) is 22.8 Å². The topological polar surface area (TPSA) is 70.7 Å². The highest BCUT2D eigenvalue weighted by Gasteiger charge is 2.54. The zero-order chi connectivity index (χ0) is 21.4. The molecule has 2 N–H and O–H groups in total. The van der Waals surface area contributed by atoms with Crippen LogP contribution in [0.15, 0.2) is 18.2 Å². The minimum atomic E-state index is -3.07. The zero-order valence-corrected chi connectivity index (χ0v) is 16.7. The molecule has 1 aromatic carbocycles. The highest BCUT2D eigenvalue weighted by molar-refractivity contribution is 5.93. The van der Waals surface area contributed by atoms with Crippen molar-refractivity contribution in [3.63, 3.8) is 0 Å². The van der Waals surface area contributed by atoms with E-state index in [1.807, 2.05) is 20.8 Å². The van der Waals surface area contributed by atoms with Crippen LogP contribution in [0.25, 0.3) is 0 Å². The molecule has 1 aliphatic carbocycles. The van der Waals surface area contributed by atoms with Crippen LogP contribution >= 0.6 is 0 Å². The third-order valence-corrected chi connectivity index (χ3v) is 5.09. The van der Waals surface area contributed by atoms with Gasteiger partial charge in [0.15, 0.2) is 0 Å². The maximum Gasteiger partial charge on any atom is 0.387 e. The Bertz CT molecular complexity index is 781. The number of nitrogens with one attached hydrogen (secondary N) is 2. The van der Waals surface area contributed by atoms with Crippen molar-refractivity contribution in [3.05, 3.63) is 24.0 Å². The summed E-state index contributed by atoms with van der Waals surface area (Å²) in [5.74, 6) is -1.62. The summed E-state index contributed by atoms with van der Waals surface area (Å²) in [4.78, 5) is 26.4. The lowest BCUT2D eigenvalue weighted by molar-refractivity contribution is -0.144. The second-order valence-electron chi connectivity index (χ2n) is 9.09. The third kappa shape index (κ3) is 5.62. The Hall–Kier alpha value is -2.29. The maximum absolute atomic E-state index is 13.5. The normalized spacial score (nSPS) is 18.9. The number of alkyl halides is 2. The number of carbonyl (C=O) groups is 2. The van der Waals surface area contributed by atoms with Gasteiger partial charge in [0.2, 0.25) is 11.8 Å². The molecule has 2 aliphatic rings. The van der Waals surface area contributed by atoms with E-state index in [4.69, 9.17) is 0 Å². The first-order chi connectivity index (χ1) is 13.4. The molecular weight excluding hydrogens is 387 g/mol. The van der Waals surface area contributed by atoms with Crippen molar-refractivity contribution in [3.8, 4) is 5.75 Å². The molecule has 1 aliphatic heterocycles. The van der Waals surface area contributed by atoms with Crippen LogP contribution in [-0.2, 0) is 9.59 Å². The average molecular weight is 413 g/mol. The van der Waals surface area contributed by atoms with Crippen molar-refractivity contribution < 1.29 is 27.5 Å². The molecule has 0 radical (unpaired) electrons. The molecule has 0 bridgehead atoms. The number of hydrogen-bond acceptors (Lipinski definition) is 4. The van der Waals surface area contributed by atoms with Crippen LogP contribution in [0.3, 0.4) is 0 Å². The Morgan fingerprint density at radius 1 is 1.24 bits per heavy atom. The predicted molar refractivity (Wildman–Crippen MR) is 101 cm³/mol. The number of rotatable bonds is 6. The predicted octanol–water partition coefficient (Wildman–Crippen LogP) is 2.99. The van der Waals surface area contributed by atoms with Gasteiger partial charge < -0.3 is 15.4 Å². The van der Waals surface area contributed by atoms with Crippen LogP contribution in [0, 0.1) is 17.2 Å². The van der Waals surface area contributed by atoms with Gasteiger partial charge in [0.1, 0.15) is 11.6 Å². The molecule has 1 spiro atoms. The van der Waals surface area contributed by atoms with E-state index < -0.39 is 12.4 Å². The molecule has 0 unspecified atom stereocenters. The molecule has 1 saturated carbocycles. The molecule has 1 saturated heterocycles. The van der Waals surface area contributed by atoms with Gasteiger partial charge in [-0.25, -0.2) is 4.39 Å². The molecule has 0 aromatic heterocycles. The van der Waals surface area contributed by atoms with E-state index >= 15 is 0 Å². The van der Waals surface area contributed by atoms with Crippen molar-refractivity contribution in [2.75, 3.05) is 25.0 Å². The van der Waals surface area contributed by atoms with Gasteiger partial charge >= 0.3 is 6.61 Å². The van der Waals surface area contributed by atoms with Gasteiger partial charge in [-0.15, -0.1) is 0 Å². The number of likely N-dealkylation sites (tertiary alicyclic amines) is 1. The molecule has 0 atom stereocenters. The highest BCUT2D eigenvalue weighted by Crippen LogP contribution is 2.52. The Balaban J connectivity index is 1.45. The van der Waals surface area contributed by atoms with Gasteiger partial charge in [-0.05, 0) is 45.1 Å². The molecular formula is C20H26F3N3O3. The summed E-state index contributed by atoms with van der Waals surface area (Å²) in [6, 6.07) is 3.06. The quantitative estimate of drug-likeness (QED) is 0.752. The van der Waals surface area contributed by atoms with Gasteiger partial charge in [-0.3, -0.25) is 14.5 Å². The summed E-state index contributed by atoms with van der Waals surface area (Å²) in [5, 5.41) is 5.50. The van der Waals surface area contributed by atoms with E-state index in [0.29, 0.717) is 19.4 Å². The summed E-state index contributed by atoms with van der Waals surface area (Å²) in [6.45, 7) is 4.59. The van der Waals surface area contributed by atoms with Crippen LogP contribution < -0.4 is 15.4 Å². The standard InChI is InChI=1S/C20H26F3N3O3/c1-19(2,3)25-16(27)9-26-10-20(11-26)7-12(8-20)17(28)24-14-4-13(21)5-15(6-14)29-18(22)23/h4-6,12,18H,7-11H2,1-3H3,(H,24,28)(H,25,27). The molecule has 2 amide bonds. The van der Waals surface area contributed by atoms with Crippen molar-refractivity contribution in [1.29, 1.82) is 0 Å². The average Bonchev–Trinajstić information content (AvgIpc) is 2.44. The lowest BCUT2D eigenvalue weighted by Crippen LogP contribution is -2.65. The van der Waals surface area contributed by atoms with E-state index in [2.05, 4.69) is 20.3 Å². The van der Waals surface area contributed by atoms with Gasteiger partial charge in [-0.1, -0.05) is 0 Å². The zero-order valence-electron chi connectivity index (χ0n) is 16.7. The van der Waals surface area contributed by atoms with Crippen molar-refractivity contribution in [2.24, 2.45) is 11.3 Å². The molecule has 3 rings (SSSR count). The number of anilines is 1. The number of ether oxygens (including phenoxy) is 1. The summed E-state index contributed by atoms with van der Waals surface area (Å²) < 4.78 is 42.3. The minimum Gasteiger partial charge on any atom is -0.435 e. The molecule has 9 heteroatoms. The van der Waals surface area contributed by atoms with Crippen LogP contribution in [0.1, 0.15) is 33.6 Å². The molecule has 6 nitrogen and oxygen atoms in total. The fourth-order valence-electron chi connectivity index (χ4n) is 4.15. The molecule has 160 valence electrons. The lowest BCUT2D eigenvalue weighted by atomic mass is 9.57. The number of hydrogen-bond donors (Lipinski definition) is 2. The first kappa shape index (κ1) is 21.4. The van der Waals surface area contributed by atoms with E-state index in [0.717, 1.165) is 25.2 Å². The van der Waals surface area contributed by atoms with Crippen LogP contribution in [-0.4, -0.2) is 48.5 Å². The molecule has 29 heavy (non-hydrogen) atoms. The second kappa shape index (κ2) is 7.85. The summed E-state index contributed by atoms with van der Waals surface area (Å²) >= 11 is 0. The maximum atomic E-state index is 13.5. The smallest absolute Gasteiger partial charge is 0.387 e. The SMILES string of the molecule is CC(C)(C)NC(=O)CN1CC2(CC(C(=O)Nc3cc(F)cc(OC(F)F)c3)C2)C1. The van der Waals surface area contributed by atoms with Gasteiger partial charge in [0.25, 0.3) is 0 Å². The van der Waals surface area contributed by atoms with Crippen LogP contribution in [0.2, 0.25) is 0 Å². The van der Waals surface area contributed by atoms with Crippen molar-refractivity contribution in [1.82, 2.24) is 10.2 Å². The summed E-state index contributed by atoms with van der Waals surface area (Å²) in [5.41, 5.74) is -0.132. The highest BCUT2D eigenvalue weighted by atomic mass is 19.3.